The van der Waals surface area contributed by atoms with Crippen LogP contribution in [0.4, 0.5) is 5.69 Å². The Bertz CT molecular complexity index is 976. The van der Waals surface area contributed by atoms with E-state index in [2.05, 4.69) is 20.8 Å². The molecule has 1 aromatic carbocycles. The first-order chi connectivity index (χ1) is 12.9. The van der Waals surface area contributed by atoms with Gasteiger partial charge in [0, 0.05) is 11.9 Å². The Balaban J connectivity index is 1.50. The van der Waals surface area contributed by atoms with E-state index in [1.807, 2.05) is 61.7 Å². The molecule has 3 rings (SSSR count). The summed E-state index contributed by atoms with van der Waals surface area (Å²) in [5.41, 5.74) is 4.67. The number of amides is 2. The predicted octanol–water partition coefficient (Wildman–Crippen LogP) is 2.50. The molecule has 0 unspecified atom stereocenters. The average molecular weight is 383 g/mol. The first-order valence-corrected chi connectivity index (χ1v) is 9.49. The zero-order chi connectivity index (χ0) is 19.4. The smallest absolute Gasteiger partial charge is 0.243 e. The van der Waals surface area contributed by atoms with Crippen LogP contribution in [-0.4, -0.2) is 38.7 Å². The molecule has 0 aliphatic carbocycles. The van der Waals surface area contributed by atoms with E-state index in [0.29, 0.717) is 5.16 Å². The molecule has 2 N–H and O–H groups in total. The van der Waals surface area contributed by atoms with Crippen molar-refractivity contribution in [1.29, 1.82) is 0 Å². The van der Waals surface area contributed by atoms with Gasteiger partial charge in [-0.1, -0.05) is 35.5 Å². The lowest BCUT2D eigenvalue weighted by atomic mass is 10.1. The molecule has 0 radical (unpaired) electrons. The van der Waals surface area contributed by atoms with Crippen molar-refractivity contribution in [3.63, 3.8) is 0 Å². The first-order valence-electron chi connectivity index (χ1n) is 8.51. The second kappa shape index (κ2) is 8.22. The van der Waals surface area contributed by atoms with E-state index in [0.717, 1.165) is 28.0 Å². The number of anilines is 1. The van der Waals surface area contributed by atoms with E-state index < -0.39 is 0 Å². The van der Waals surface area contributed by atoms with Crippen molar-refractivity contribution in [2.75, 3.05) is 17.6 Å². The highest BCUT2D eigenvalue weighted by molar-refractivity contribution is 7.99. The minimum absolute atomic E-state index is 0.0767. The molecule has 0 aliphatic heterocycles. The molecular weight excluding hydrogens is 362 g/mol. The molecule has 0 atom stereocenters. The molecule has 2 amide bonds. The summed E-state index contributed by atoms with van der Waals surface area (Å²) in [6.07, 6.45) is 1.84. The van der Waals surface area contributed by atoms with Crippen LogP contribution < -0.4 is 10.6 Å². The van der Waals surface area contributed by atoms with E-state index in [1.54, 1.807) is 0 Å². The highest BCUT2D eigenvalue weighted by Crippen LogP contribution is 2.21. The summed E-state index contributed by atoms with van der Waals surface area (Å²) in [6, 6.07) is 9.62. The Hall–Kier alpha value is -2.87. The molecule has 8 heteroatoms. The standard InChI is InChI=1S/C19H21N5O2S/c1-12-8-13(2)18(14(3)9-12)21-16(25)10-20-17(26)11-27-19-23-22-15-6-4-5-7-24(15)19/h4-9H,10-11H2,1-3H3,(H,20,26)(H,21,25). The molecule has 7 nitrogen and oxygen atoms in total. The number of aromatic nitrogens is 3. The molecule has 0 bridgehead atoms. The number of benzene rings is 1. The van der Waals surface area contributed by atoms with Crippen LogP contribution in [0.5, 0.6) is 0 Å². The van der Waals surface area contributed by atoms with Gasteiger partial charge in [0.25, 0.3) is 0 Å². The molecule has 2 aromatic heterocycles. The lowest BCUT2D eigenvalue weighted by Gasteiger charge is -2.13. The molecule has 3 aromatic rings. The molecule has 140 valence electrons. The van der Waals surface area contributed by atoms with Crippen molar-refractivity contribution >= 4 is 34.9 Å². The largest absolute Gasteiger partial charge is 0.346 e. The van der Waals surface area contributed by atoms with Gasteiger partial charge >= 0.3 is 0 Å². The molecule has 27 heavy (non-hydrogen) atoms. The average Bonchev–Trinajstić information content (AvgIpc) is 3.04. The number of hydrogen-bond acceptors (Lipinski definition) is 5. The normalized spacial score (nSPS) is 10.8. The van der Waals surface area contributed by atoms with Crippen molar-refractivity contribution in [3.8, 4) is 0 Å². The van der Waals surface area contributed by atoms with Gasteiger partial charge in [0.2, 0.25) is 11.8 Å². The highest BCUT2D eigenvalue weighted by Gasteiger charge is 2.12. The molecule has 2 heterocycles. The molecule has 0 aliphatic rings. The van der Waals surface area contributed by atoms with Crippen molar-refractivity contribution < 1.29 is 9.59 Å². The summed E-state index contributed by atoms with van der Waals surface area (Å²) < 4.78 is 1.81. The summed E-state index contributed by atoms with van der Waals surface area (Å²) in [4.78, 5) is 24.2. The van der Waals surface area contributed by atoms with Crippen molar-refractivity contribution in [1.82, 2.24) is 19.9 Å². The molecule has 0 saturated carbocycles. The van der Waals surface area contributed by atoms with Crippen LogP contribution in [0.1, 0.15) is 16.7 Å². The number of hydrogen-bond donors (Lipinski definition) is 2. The van der Waals surface area contributed by atoms with E-state index in [9.17, 15) is 9.59 Å². The van der Waals surface area contributed by atoms with E-state index in [4.69, 9.17) is 0 Å². The maximum absolute atomic E-state index is 12.2. The first kappa shape index (κ1) is 18.9. The summed E-state index contributed by atoms with van der Waals surface area (Å²) in [5.74, 6) is -0.331. The van der Waals surface area contributed by atoms with Crippen LogP contribution >= 0.6 is 11.8 Å². The maximum atomic E-state index is 12.2. The third kappa shape index (κ3) is 4.65. The fourth-order valence-electron chi connectivity index (χ4n) is 2.84. The number of carbonyl (C=O) groups is 2. The van der Waals surface area contributed by atoms with Crippen LogP contribution in [0.15, 0.2) is 41.7 Å². The lowest BCUT2D eigenvalue weighted by Crippen LogP contribution is -2.34. The number of pyridine rings is 1. The fraction of sp³-hybridized carbons (Fsp3) is 0.263. The van der Waals surface area contributed by atoms with Gasteiger partial charge in [0.1, 0.15) is 0 Å². The minimum atomic E-state index is -0.253. The van der Waals surface area contributed by atoms with E-state index in [1.165, 1.54) is 11.8 Å². The van der Waals surface area contributed by atoms with E-state index in [-0.39, 0.29) is 24.1 Å². The van der Waals surface area contributed by atoms with Gasteiger partial charge in [-0.3, -0.25) is 14.0 Å². The Morgan fingerprint density at radius 1 is 1.07 bits per heavy atom. The summed E-state index contributed by atoms with van der Waals surface area (Å²) in [6.45, 7) is 5.84. The fourth-order valence-corrected chi connectivity index (χ4v) is 3.59. The van der Waals surface area contributed by atoms with Crippen LogP contribution in [0.2, 0.25) is 0 Å². The number of aryl methyl sites for hydroxylation is 3. The summed E-state index contributed by atoms with van der Waals surface area (Å²) in [5, 5.41) is 14.2. The summed E-state index contributed by atoms with van der Waals surface area (Å²) in [7, 11) is 0. The van der Waals surface area contributed by atoms with Crippen molar-refractivity contribution in [2.24, 2.45) is 0 Å². The second-order valence-corrected chi connectivity index (χ2v) is 7.24. The minimum Gasteiger partial charge on any atom is -0.346 e. The van der Waals surface area contributed by atoms with Gasteiger partial charge in [-0.05, 0) is 44.0 Å². The highest BCUT2D eigenvalue weighted by atomic mass is 32.2. The zero-order valence-corrected chi connectivity index (χ0v) is 16.3. The van der Waals surface area contributed by atoms with Gasteiger partial charge in [-0.25, -0.2) is 0 Å². The quantitative estimate of drug-likeness (QED) is 0.639. The number of nitrogens with zero attached hydrogens (tertiary/aromatic N) is 3. The van der Waals surface area contributed by atoms with Gasteiger partial charge in [-0.2, -0.15) is 0 Å². The third-order valence-electron chi connectivity index (χ3n) is 4.00. The number of nitrogens with one attached hydrogen (secondary N) is 2. The predicted molar refractivity (Wildman–Crippen MR) is 106 cm³/mol. The van der Waals surface area contributed by atoms with Crippen LogP contribution in [0, 0.1) is 20.8 Å². The SMILES string of the molecule is Cc1cc(C)c(NC(=O)CNC(=O)CSc2nnc3ccccn23)c(C)c1. The van der Waals surface area contributed by atoms with Gasteiger partial charge in [-0.15, -0.1) is 10.2 Å². The second-order valence-electron chi connectivity index (χ2n) is 6.30. The number of carbonyl (C=O) groups excluding carboxylic acids is 2. The third-order valence-corrected chi connectivity index (χ3v) is 4.95. The Morgan fingerprint density at radius 3 is 2.56 bits per heavy atom. The summed E-state index contributed by atoms with van der Waals surface area (Å²) >= 11 is 1.27. The Morgan fingerprint density at radius 2 is 1.81 bits per heavy atom. The molecule has 0 fully saturated rings. The molecule has 0 saturated heterocycles. The Kier molecular flexibility index (Phi) is 5.75. The van der Waals surface area contributed by atoms with Crippen molar-refractivity contribution in [2.45, 2.75) is 25.9 Å². The van der Waals surface area contributed by atoms with Crippen LogP contribution in [0.25, 0.3) is 5.65 Å². The van der Waals surface area contributed by atoms with Gasteiger partial charge < -0.3 is 10.6 Å². The van der Waals surface area contributed by atoms with Crippen LogP contribution in [0.3, 0.4) is 0 Å². The van der Waals surface area contributed by atoms with Gasteiger partial charge in [0.15, 0.2) is 10.8 Å². The van der Waals surface area contributed by atoms with E-state index >= 15 is 0 Å². The topological polar surface area (TPSA) is 88.4 Å². The molecular formula is C19H21N5O2S. The molecule has 0 spiro atoms. The monoisotopic (exact) mass is 383 g/mol. The Labute approximate surface area is 161 Å². The lowest BCUT2D eigenvalue weighted by molar-refractivity contribution is -0.122. The van der Waals surface area contributed by atoms with Gasteiger partial charge in [0.05, 0.1) is 12.3 Å². The maximum Gasteiger partial charge on any atom is 0.243 e. The number of fused-ring (bicyclic) bond motifs is 1. The number of thioether (sulfide) groups is 1. The zero-order valence-electron chi connectivity index (χ0n) is 15.4. The number of rotatable bonds is 6. The van der Waals surface area contributed by atoms with Crippen LogP contribution in [-0.2, 0) is 9.59 Å². The van der Waals surface area contributed by atoms with Crippen molar-refractivity contribution in [3.05, 3.63) is 53.2 Å².